The van der Waals surface area contributed by atoms with Gasteiger partial charge in [-0.25, -0.2) is 0 Å². The van der Waals surface area contributed by atoms with Gasteiger partial charge in [0, 0.05) is 44.2 Å². The van der Waals surface area contributed by atoms with E-state index in [4.69, 9.17) is 4.42 Å². The van der Waals surface area contributed by atoms with Crippen molar-refractivity contribution >= 4 is 23.0 Å². The van der Waals surface area contributed by atoms with Gasteiger partial charge in [-0.2, -0.15) is 0 Å². The maximum atomic E-state index is 12.4. The molecule has 1 aliphatic rings. The summed E-state index contributed by atoms with van der Waals surface area (Å²) >= 11 is 0. The monoisotopic (exact) mass is 346 g/mol. The number of hydrogen-bond acceptors (Lipinski definition) is 3. The van der Waals surface area contributed by atoms with Crippen molar-refractivity contribution < 1.29 is 9.21 Å². The van der Waals surface area contributed by atoms with Crippen molar-refractivity contribution in [2.75, 3.05) is 26.2 Å². The minimum Gasteiger partial charge on any atom is -0.457 e. The van der Waals surface area contributed by atoms with Crippen molar-refractivity contribution in [2.45, 2.75) is 6.54 Å². The second-order valence-electron chi connectivity index (χ2n) is 6.61. The Hall–Kier alpha value is -2.85. The van der Waals surface area contributed by atoms with Crippen LogP contribution in [0.25, 0.3) is 17.0 Å². The van der Waals surface area contributed by atoms with Gasteiger partial charge in [0.1, 0.15) is 11.3 Å². The van der Waals surface area contributed by atoms with Gasteiger partial charge in [0.25, 0.3) is 0 Å². The first-order chi connectivity index (χ1) is 12.8. The Balaban J connectivity index is 1.32. The molecular formula is C22H22N2O2. The molecule has 1 aromatic heterocycles. The molecule has 2 aromatic carbocycles. The quantitative estimate of drug-likeness (QED) is 0.675. The third-order valence-electron chi connectivity index (χ3n) is 4.77. The van der Waals surface area contributed by atoms with Gasteiger partial charge in [0.15, 0.2) is 0 Å². The van der Waals surface area contributed by atoms with Crippen molar-refractivity contribution in [1.82, 2.24) is 9.80 Å². The van der Waals surface area contributed by atoms with Crippen LogP contribution in [0.4, 0.5) is 0 Å². The van der Waals surface area contributed by atoms with E-state index in [0.29, 0.717) is 5.76 Å². The van der Waals surface area contributed by atoms with Crippen LogP contribution in [0.3, 0.4) is 0 Å². The van der Waals surface area contributed by atoms with Gasteiger partial charge in [-0.1, -0.05) is 48.5 Å². The lowest BCUT2D eigenvalue weighted by atomic mass is 10.2. The SMILES string of the molecule is O=C(/C=C/c1cc2ccccc2o1)N1CCN(Cc2ccccc2)CC1. The highest BCUT2D eigenvalue weighted by Gasteiger charge is 2.19. The Morgan fingerprint density at radius 1 is 0.962 bits per heavy atom. The first-order valence-electron chi connectivity index (χ1n) is 9.00. The third-order valence-corrected chi connectivity index (χ3v) is 4.77. The van der Waals surface area contributed by atoms with E-state index in [2.05, 4.69) is 29.2 Å². The average Bonchev–Trinajstić information content (AvgIpc) is 3.10. The number of benzene rings is 2. The molecule has 0 radical (unpaired) electrons. The highest BCUT2D eigenvalue weighted by atomic mass is 16.3. The molecule has 4 rings (SSSR count). The zero-order valence-corrected chi connectivity index (χ0v) is 14.7. The molecule has 1 aliphatic heterocycles. The smallest absolute Gasteiger partial charge is 0.246 e. The van der Waals surface area contributed by atoms with Gasteiger partial charge in [-0.15, -0.1) is 0 Å². The summed E-state index contributed by atoms with van der Waals surface area (Å²) < 4.78 is 5.72. The number of para-hydroxylation sites is 1. The Bertz CT molecular complexity index is 873. The van der Waals surface area contributed by atoms with E-state index in [9.17, 15) is 4.79 Å². The molecule has 0 saturated carbocycles. The minimum absolute atomic E-state index is 0.0461. The third kappa shape index (κ3) is 3.86. The fourth-order valence-electron chi connectivity index (χ4n) is 3.31. The predicted octanol–water partition coefficient (Wildman–Crippen LogP) is 3.79. The summed E-state index contributed by atoms with van der Waals surface area (Å²) in [5.74, 6) is 0.757. The number of rotatable bonds is 4. The predicted molar refractivity (Wildman–Crippen MR) is 104 cm³/mol. The van der Waals surface area contributed by atoms with Gasteiger partial charge in [0.2, 0.25) is 5.91 Å². The van der Waals surface area contributed by atoms with Crippen LogP contribution in [-0.2, 0) is 11.3 Å². The molecule has 1 saturated heterocycles. The van der Waals surface area contributed by atoms with E-state index in [0.717, 1.165) is 43.7 Å². The summed E-state index contributed by atoms with van der Waals surface area (Å²) in [4.78, 5) is 16.7. The molecule has 0 bridgehead atoms. The standard InChI is InChI=1S/C22H22N2O2/c25-22(11-10-20-16-19-8-4-5-9-21(19)26-20)24-14-12-23(13-15-24)17-18-6-2-1-3-7-18/h1-11,16H,12-15,17H2/b11-10+. The number of piperazine rings is 1. The van der Waals surface area contributed by atoms with Gasteiger partial charge in [-0.3, -0.25) is 9.69 Å². The number of furan rings is 1. The fourth-order valence-corrected chi connectivity index (χ4v) is 3.31. The zero-order valence-electron chi connectivity index (χ0n) is 14.7. The van der Waals surface area contributed by atoms with Crippen molar-refractivity contribution in [1.29, 1.82) is 0 Å². The van der Waals surface area contributed by atoms with Gasteiger partial charge in [-0.05, 0) is 23.8 Å². The number of carbonyl (C=O) groups excluding carboxylic acids is 1. The fraction of sp³-hybridized carbons (Fsp3) is 0.227. The van der Waals surface area contributed by atoms with Crippen LogP contribution in [0.5, 0.6) is 0 Å². The largest absolute Gasteiger partial charge is 0.457 e. The molecule has 0 N–H and O–H groups in total. The molecule has 3 aromatic rings. The van der Waals surface area contributed by atoms with Crippen molar-refractivity contribution in [3.63, 3.8) is 0 Å². The van der Waals surface area contributed by atoms with Crippen LogP contribution in [0.15, 0.2) is 71.2 Å². The topological polar surface area (TPSA) is 36.7 Å². The van der Waals surface area contributed by atoms with E-state index < -0.39 is 0 Å². The lowest BCUT2D eigenvalue weighted by Crippen LogP contribution is -2.47. The summed E-state index contributed by atoms with van der Waals surface area (Å²) in [6.07, 6.45) is 3.38. The molecule has 4 heteroatoms. The van der Waals surface area contributed by atoms with Gasteiger partial charge in [0.05, 0.1) is 0 Å². The van der Waals surface area contributed by atoms with Crippen LogP contribution in [0.1, 0.15) is 11.3 Å². The second-order valence-corrected chi connectivity index (χ2v) is 6.61. The van der Waals surface area contributed by atoms with Gasteiger partial charge < -0.3 is 9.32 Å². The molecular weight excluding hydrogens is 324 g/mol. The van der Waals surface area contributed by atoms with Crippen LogP contribution in [-0.4, -0.2) is 41.9 Å². The van der Waals surface area contributed by atoms with Gasteiger partial charge >= 0.3 is 0 Å². The Morgan fingerprint density at radius 3 is 2.46 bits per heavy atom. The number of nitrogens with zero attached hydrogens (tertiary/aromatic N) is 2. The number of fused-ring (bicyclic) bond motifs is 1. The summed E-state index contributed by atoms with van der Waals surface area (Å²) in [5.41, 5.74) is 2.16. The molecule has 1 fully saturated rings. The summed E-state index contributed by atoms with van der Waals surface area (Å²) in [6.45, 7) is 4.27. The van der Waals surface area contributed by atoms with E-state index >= 15 is 0 Å². The van der Waals surface area contributed by atoms with Crippen molar-refractivity contribution in [2.24, 2.45) is 0 Å². The minimum atomic E-state index is 0.0461. The highest BCUT2D eigenvalue weighted by molar-refractivity contribution is 5.92. The highest BCUT2D eigenvalue weighted by Crippen LogP contribution is 2.19. The number of amides is 1. The van der Waals surface area contributed by atoms with Crippen LogP contribution in [0, 0.1) is 0 Å². The summed E-state index contributed by atoms with van der Waals surface area (Å²) in [6, 6.07) is 20.3. The van der Waals surface area contributed by atoms with Crippen LogP contribution >= 0.6 is 0 Å². The Morgan fingerprint density at radius 2 is 1.69 bits per heavy atom. The number of carbonyl (C=O) groups is 1. The molecule has 132 valence electrons. The van der Waals surface area contributed by atoms with Crippen LogP contribution < -0.4 is 0 Å². The van der Waals surface area contributed by atoms with Crippen molar-refractivity contribution in [3.8, 4) is 0 Å². The first kappa shape index (κ1) is 16.6. The molecule has 0 aliphatic carbocycles. The summed E-state index contributed by atoms with van der Waals surface area (Å²) in [7, 11) is 0. The second kappa shape index (κ2) is 7.58. The Kier molecular flexibility index (Phi) is 4.84. The number of hydrogen-bond donors (Lipinski definition) is 0. The molecule has 2 heterocycles. The van der Waals surface area contributed by atoms with E-state index in [1.807, 2.05) is 41.3 Å². The first-order valence-corrected chi connectivity index (χ1v) is 9.00. The normalized spacial score (nSPS) is 15.8. The van der Waals surface area contributed by atoms with Crippen LogP contribution in [0.2, 0.25) is 0 Å². The molecule has 1 amide bonds. The maximum absolute atomic E-state index is 12.4. The maximum Gasteiger partial charge on any atom is 0.246 e. The lowest BCUT2D eigenvalue weighted by Gasteiger charge is -2.34. The molecule has 4 nitrogen and oxygen atoms in total. The molecule has 26 heavy (non-hydrogen) atoms. The average molecular weight is 346 g/mol. The van der Waals surface area contributed by atoms with Crippen molar-refractivity contribution in [3.05, 3.63) is 78.1 Å². The van der Waals surface area contributed by atoms with E-state index in [1.165, 1.54) is 5.56 Å². The molecule has 0 atom stereocenters. The Labute approximate surface area is 153 Å². The van der Waals surface area contributed by atoms with E-state index in [-0.39, 0.29) is 5.91 Å². The zero-order chi connectivity index (χ0) is 17.8. The molecule has 0 unspecified atom stereocenters. The summed E-state index contributed by atoms with van der Waals surface area (Å²) in [5, 5.41) is 1.05. The van der Waals surface area contributed by atoms with E-state index in [1.54, 1.807) is 12.2 Å². The molecule has 0 spiro atoms. The lowest BCUT2D eigenvalue weighted by molar-refractivity contribution is -0.127.